The summed E-state index contributed by atoms with van der Waals surface area (Å²) in [6, 6.07) is 14.1. The summed E-state index contributed by atoms with van der Waals surface area (Å²) in [4.78, 5) is 34.3. The molecule has 1 atom stereocenters. The maximum Gasteiger partial charge on any atom is 0.263 e. The fourth-order valence-corrected chi connectivity index (χ4v) is 5.54. The minimum Gasteiger partial charge on any atom is -0.355 e. The Morgan fingerprint density at radius 3 is 2.80 bits per heavy atom. The molecule has 1 aromatic heterocycles. The molecule has 1 unspecified atom stereocenters. The van der Waals surface area contributed by atoms with Crippen molar-refractivity contribution in [2.45, 2.75) is 38.6 Å². The van der Waals surface area contributed by atoms with Crippen LogP contribution in [0.5, 0.6) is 0 Å². The highest BCUT2D eigenvalue weighted by molar-refractivity contribution is 9.10. The number of aromatic amines is 1. The van der Waals surface area contributed by atoms with E-state index in [1.807, 2.05) is 41.3 Å². The zero-order valence-corrected chi connectivity index (χ0v) is 18.8. The standard InChI is InChI=1S/C24H24BrN3O2/c1-3-4-12-27-21-10-9-16(25)14-19(21)24(23(27)30)22-18(11-13-28(24)15(2)29)17-7-5-6-8-20(17)26-22/h5-10,14,26H,3-4,11-13H2,1-2H3. The van der Waals surface area contributed by atoms with Gasteiger partial charge in [-0.25, -0.2) is 0 Å². The fourth-order valence-electron chi connectivity index (χ4n) is 5.18. The van der Waals surface area contributed by atoms with Gasteiger partial charge in [0.05, 0.1) is 11.4 Å². The number of amides is 2. The number of carbonyl (C=O) groups excluding carboxylic acids is 2. The van der Waals surface area contributed by atoms with Crippen molar-refractivity contribution in [3.63, 3.8) is 0 Å². The summed E-state index contributed by atoms with van der Waals surface area (Å²) in [7, 11) is 0. The van der Waals surface area contributed by atoms with Gasteiger partial charge in [-0.2, -0.15) is 0 Å². The lowest BCUT2D eigenvalue weighted by Crippen LogP contribution is -2.58. The maximum absolute atomic E-state index is 14.2. The molecule has 1 N–H and O–H groups in total. The number of benzene rings is 2. The van der Waals surface area contributed by atoms with Crippen LogP contribution in [0.4, 0.5) is 5.69 Å². The molecule has 30 heavy (non-hydrogen) atoms. The minimum atomic E-state index is -1.15. The van der Waals surface area contributed by atoms with E-state index in [9.17, 15) is 9.59 Å². The smallest absolute Gasteiger partial charge is 0.263 e. The van der Waals surface area contributed by atoms with Crippen molar-refractivity contribution in [2.75, 3.05) is 18.0 Å². The van der Waals surface area contributed by atoms with Gasteiger partial charge in [-0.3, -0.25) is 9.59 Å². The number of nitrogens with zero attached hydrogens (tertiary/aromatic N) is 2. The van der Waals surface area contributed by atoms with Gasteiger partial charge >= 0.3 is 0 Å². The molecule has 3 aromatic rings. The summed E-state index contributed by atoms with van der Waals surface area (Å²) in [6.45, 7) is 4.85. The molecule has 2 amide bonds. The van der Waals surface area contributed by atoms with Gasteiger partial charge in [0.2, 0.25) is 5.91 Å². The molecule has 154 valence electrons. The third kappa shape index (κ3) is 2.46. The predicted octanol–water partition coefficient (Wildman–Crippen LogP) is 4.73. The van der Waals surface area contributed by atoms with Crippen LogP contribution in [0.3, 0.4) is 0 Å². The third-order valence-corrected chi connectivity index (χ3v) is 6.97. The summed E-state index contributed by atoms with van der Waals surface area (Å²) in [6.07, 6.45) is 2.64. The Hall–Kier alpha value is -2.60. The summed E-state index contributed by atoms with van der Waals surface area (Å²) >= 11 is 3.60. The van der Waals surface area contributed by atoms with Crippen molar-refractivity contribution in [2.24, 2.45) is 0 Å². The molecule has 0 saturated carbocycles. The molecule has 3 heterocycles. The van der Waals surface area contributed by atoms with Crippen molar-refractivity contribution < 1.29 is 9.59 Å². The predicted molar refractivity (Wildman–Crippen MR) is 122 cm³/mol. The number of nitrogens with one attached hydrogen (secondary N) is 1. The highest BCUT2D eigenvalue weighted by atomic mass is 79.9. The van der Waals surface area contributed by atoms with Crippen LogP contribution in [-0.4, -0.2) is 34.8 Å². The zero-order chi connectivity index (χ0) is 21.0. The van der Waals surface area contributed by atoms with E-state index < -0.39 is 5.54 Å². The number of carbonyl (C=O) groups is 2. The molecule has 6 heteroatoms. The van der Waals surface area contributed by atoms with Crippen LogP contribution in [0.2, 0.25) is 0 Å². The molecule has 5 rings (SSSR count). The minimum absolute atomic E-state index is 0.0354. The summed E-state index contributed by atoms with van der Waals surface area (Å²) in [5.41, 5.74) is 3.61. The number of aromatic nitrogens is 1. The average molecular weight is 466 g/mol. The molecule has 0 aliphatic carbocycles. The van der Waals surface area contributed by atoms with E-state index in [-0.39, 0.29) is 11.8 Å². The van der Waals surface area contributed by atoms with Crippen LogP contribution < -0.4 is 4.90 Å². The van der Waals surface area contributed by atoms with Crippen molar-refractivity contribution in [1.82, 2.24) is 9.88 Å². The Labute approximate surface area is 184 Å². The molecular weight excluding hydrogens is 442 g/mol. The van der Waals surface area contributed by atoms with Gasteiger partial charge < -0.3 is 14.8 Å². The number of rotatable bonds is 3. The first-order chi connectivity index (χ1) is 14.5. The van der Waals surface area contributed by atoms with E-state index in [0.29, 0.717) is 13.1 Å². The lowest BCUT2D eigenvalue weighted by Gasteiger charge is -2.43. The van der Waals surface area contributed by atoms with E-state index in [0.717, 1.165) is 57.1 Å². The van der Waals surface area contributed by atoms with Crippen LogP contribution in [0.1, 0.15) is 43.5 Å². The van der Waals surface area contributed by atoms with Gasteiger partial charge in [-0.1, -0.05) is 47.5 Å². The van der Waals surface area contributed by atoms with E-state index in [2.05, 4.69) is 33.9 Å². The first-order valence-electron chi connectivity index (χ1n) is 10.5. The topological polar surface area (TPSA) is 56.4 Å². The summed E-state index contributed by atoms with van der Waals surface area (Å²) in [5.74, 6) is -0.123. The van der Waals surface area contributed by atoms with Gasteiger partial charge in [-0.05, 0) is 42.7 Å². The van der Waals surface area contributed by atoms with E-state index >= 15 is 0 Å². The quantitative estimate of drug-likeness (QED) is 0.607. The molecule has 2 aromatic carbocycles. The number of anilines is 1. The van der Waals surface area contributed by atoms with Crippen molar-refractivity contribution in [3.8, 4) is 0 Å². The first kappa shape index (κ1) is 19.4. The first-order valence-corrected chi connectivity index (χ1v) is 11.3. The monoisotopic (exact) mass is 465 g/mol. The third-order valence-electron chi connectivity index (χ3n) is 6.47. The van der Waals surface area contributed by atoms with Crippen molar-refractivity contribution >= 4 is 44.3 Å². The number of unbranched alkanes of at least 4 members (excludes halogenated alkanes) is 1. The normalized spacial score (nSPS) is 20.2. The van der Waals surface area contributed by atoms with Crippen LogP contribution in [0, 0.1) is 0 Å². The second-order valence-electron chi connectivity index (χ2n) is 8.13. The number of H-pyrrole nitrogens is 1. The zero-order valence-electron chi connectivity index (χ0n) is 17.2. The van der Waals surface area contributed by atoms with E-state index in [4.69, 9.17) is 0 Å². The molecule has 0 bridgehead atoms. The Morgan fingerprint density at radius 2 is 2.03 bits per heavy atom. The lowest BCUT2D eigenvalue weighted by molar-refractivity contribution is -0.143. The van der Waals surface area contributed by atoms with Gasteiger partial charge in [0.25, 0.3) is 5.91 Å². The van der Waals surface area contributed by atoms with Crippen molar-refractivity contribution in [1.29, 1.82) is 0 Å². The van der Waals surface area contributed by atoms with Gasteiger partial charge in [0.1, 0.15) is 0 Å². The SMILES string of the molecule is CCCCN1C(=O)C2(c3cc(Br)ccc31)c1[nH]c3ccccc3c1CCN2C(C)=O. The Morgan fingerprint density at radius 1 is 1.23 bits per heavy atom. The molecule has 0 radical (unpaired) electrons. The number of halogens is 1. The summed E-state index contributed by atoms with van der Waals surface area (Å²) < 4.78 is 0.900. The number of hydrogen-bond donors (Lipinski definition) is 1. The Kier molecular flexibility index (Phi) is 4.51. The fraction of sp³-hybridized carbons (Fsp3) is 0.333. The highest BCUT2D eigenvalue weighted by Gasteiger charge is 2.60. The molecule has 1 spiro atoms. The molecule has 5 nitrogen and oxygen atoms in total. The molecule has 0 saturated heterocycles. The second-order valence-corrected chi connectivity index (χ2v) is 9.04. The number of para-hydroxylation sites is 1. The van der Waals surface area contributed by atoms with Gasteiger partial charge in [0.15, 0.2) is 5.54 Å². The molecule has 0 fully saturated rings. The second kappa shape index (κ2) is 6.98. The van der Waals surface area contributed by atoms with Crippen LogP contribution in [0.25, 0.3) is 10.9 Å². The van der Waals surface area contributed by atoms with Crippen LogP contribution in [-0.2, 0) is 21.5 Å². The van der Waals surface area contributed by atoms with Gasteiger partial charge in [0, 0.05) is 41.0 Å². The Bertz CT molecular complexity index is 1180. The van der Waals surface area contributed by atoms with Crippen LogP contribution in [0.15, 0.2) is 46.9 Å². The number of fused-ring (bicyclic) bond motifs is 6. The molecule has 2 aliphatic rings. The summed E-state index contributed by atoms with van der Waals surface area (Å²) in [5, 5.41) is 1.13. The highest BCUT2D eigenvalue weighted by Crippen LogP contribution is 2.52. The van der Waals surface area contributed by atoms with Gasteiger partial charge in [-0.15, -0.1) is 0 Å². The largest absolute Gasteiger partial charge is 0.355 e. The maximum atomic E-state index is 14.2. The molecular formula is C24H24BrN3O2. The van der Waals surface area contributed by atoms with Crippen molar-refractivity contribution in [3.05, 3.63) is 63.8 Å². The van der Waals surface area contributed by atoms with Crippen LogP contribution >= 0.6 is 15.9 Å². The Balaban J connectivity index is 1.85. The molecule has 2 aliphatic heterocycles. The lowest BCUT2D eigenvalue weighted by atomic mass is 9.80. The number of hydrogen-bond acceptors (Lipinski definition) is 2. The van der Waals surface area contributed by atoms with E-state index in [1.165, 1.54) is 0 Å². The van der Waals surface area contributed by atoms with E-state index in [1.54, 1.807) is 11.8 Å². The average Bonchev–Trinajstić information content (AvgIpc) is 3.22.